The highest BCUT2D eigenvalue weighted by Crippen LogP contribution is 2.44. The van der Waals surface area contributed by atoms with Crippen LogP contribution in [-0.4, -0.2) is 53.7 Å². The van der Waals surface area contributed by atoms with Crippen molar-refractivity contribution in [1.82, 2.24) is 10.3 Å². The Hall–Kier alpha value is -3.04. The molecule has 9 heteroatoms. The maximum Gasteiger partial charge on any atom is 0.230 e. The van der Waals surface area contributed by atoms with Crippen molar-refractivity contribution >= 4 is 39.6 Å². The summed E-state index contributed by atoms with van der Waals surface area (Å²) in [5.41, 5.74) is 4.91. The molecule has 7 nitrogen and oxygen atoms in total. The van der Waals surface area contributed by atoms with Gasteiger partial charge in [0.25, 0.3) is 0 Å². The third-order valence-corrected chi connectivity index (χ3v) is 12.2. The standard InChI is InChI=1S/C34H42N2O2S.C5H11NO2S.H2/c1-23-19-28(17-18-31(23)38-2)25-13-11-24(12-14-25)22-36(34(37)27-7-4-3-5-8-27)30-10-6-9-29(20-30)32-21-35-33(39-32)26-15-16-26;1-6-5(7)3-4-9(2)8;/h6,9-10,17-21,24-27H,3-5,7-8,11-16,22H2,1-2H3;3-4H2,1-2H3,(H,6,7);1H. The molecule has 3 fully saturated rings. The molecule has 3 aromatic rings. The summed E-state index contributed by atoms with van der Waals surface area (Å²) in [6.45, 7) is 2.97. The van der Waals surface area contributed by atoms with Gasteiger partial charge in [0, 0.05) is 68.0 Å². The summed E-state index contributed by atoms with van der Waals surface area (Å²) in [5.74, 6) is 3.71. The third kappa shape index (κ3) is 10.0. The van der Waals surface area contributed by atoms with E-state index in [1.807, 2.05) is 17.5 Å². The van der Waals surface area contributed by atoms with Crippen LogP contribution in [0.5, 0.6) is 5.75 Å². The Morgan fingerprint density at radius 1 is 1.00 bits per heavy atom. The first-order valence-electron chi connectivity index (χ1n) is 17.8. The van der Waals surface area contributed by atoms with E-state index >= 15 is 0 Å². The molecular formula is C39H55N3O4S2. The molecule has 1 aromatic heterocycles. The summed E-state index contributed by atoms with van der Waals surface area (Å²) < 4.78 is 15.9. The monoisotopic (exact) mass is 693 g/mol. The average Bonchev–Trinajstić information content (AvgIpc) is 3.85. The first-order chi connectivity index (χ1) is 23.2. The van der Waals surface area contributed by atoms with Crippen molar-refractivity contribution < 1.29 is 20.0 Å². The van der Waals surface area contributed by atoms with Crippen molar-refractivity contribution in [2.24, 2.45) is 11.8 Å². The van der Waals surface area contributed by atoms with Crippen LogP contribution in [0.25, 0.3) is 10.4 Å². The van der Waals surface area contributed by atoms with E-state index < -0.39 is 10.8 Å². The van der Waals surface area contributed by atoms with Crippen LogP contribution in [0.4, 0.5) is 5.69 Å². The number of amides is 2. The van der Waals surface area contributed by atoms with E-state index in [-0.39, 0.29) is 13.3 Å². The van der Waals surface area contributed by atoms with Gasteiger partial charge in [0.05, 0.1) is 17.0 Å². The number of hydrogen-bond donors (Lipinski definition) is 1. The maximum atomic E-state index is 14.0. The Morgan fingerprint density at radius 3 is 2.38 bits per heavy atom. The van der Waals surface area contributed by atoms with Crippen LogP contribution in [0.1, 0.15) is 106 Å². The molecular weight excluding hydrogens is 639 g/mol. The van der Waals surface area contributed by atoms with Crippen LogP contribution in [0.15, 0.2) is 48.7 Å². The largest absolute Gasteiger partial charge is 0.496 e. The number of aromatic nitrogens is 1. The zero-order chi connectivity index (χ0) is 34.0. The molecule has 1 atom stereocenters. The number of methoxy groups -OCH3 is 1. The first kappa shape index (κ1) is 36.2. The van der Waals surface area contributed by atoms with Gasteiger partial charge in [-0.25, -0.2) is 4.98 Å². The molecule has 6 rings (SSSR count). The fraction of sp³-hybridized carbons (Fsp3) is 0.564. The lowest BCUT2D eigenvalue weighted by atomic mass is 9.78. The van der Waals surface area contributed by atoms with Crippen LogP contribution < -0.4 is 15.0 Å². The zero-order valence-corrected chi connectivity index (χ0v) is 30.8. The van der Waals surface area contributed by atoms with Crippen molar-refractivity contribution in [2.45, 2.75) is 95.8 Å². The van der Waals surface area contributed by atoms with Gasteiger partial charge in [0.2, 0.25) is 11.8 Å². The highest BCUT2D eigenvalue weighted by Gasteiger charge is 2.31. The Labute approximate surface area is 295 Å². The lowest BCUT2D eigenvalue weighted by molar-refractivity contribution is -0.123. The number of nitrogens with zero attached hydrogens (tertiary/aromatic N) is 2. The number of hydrogen-bond acceptors (Lipinski definition) is 6. The van der Waals surface area contributed by atoms with Crippen LogP contribution in [0, 0.1) is 18.8 Å². The summed E-state index contributed by atoms with van der Waals surface area (Å²) >= 11 is 1.83. The summed E-state index contributed by atoms with van der Waals surface area (Å²) in [7, 11) is 2.46. The molecule has 2 aromatic carbocycles. The molecule has 1 unspecified atom stereocenters. The predicted molar refractivity (Wildman–Crippen MR) is 201 cm³/mol. The molecule has 0 saturated heterocycles. The number of thiazole rings is 1. The number of anilines is 1. The molecule has 2 amide bonds. The van der Waals surface area contributed by atoms with Gasteiger partial charge >= 0.3 is 0 Å². The fourth-order valence-corrected chi connectivity index (χ4v) is 8.67. The minimum absolute atomic E-state index is 0. The number of nitrogens with one attached hydrogen (secondary N) is 1. The minimum atomic E-state index is -0.849. The van der Waals surface area contributed by atoms with Crippen LogP contribution in [0.3, 0.4) is 0 Å². The number of rotatable bonds is 11. The van der Waals surface area contributed by atoms with Gasteiger partial charge in [-0.2, -0.15) is 0 Å². The second-order valence-corrected chi connectivity index (χ2v) is 16.4. The van der Waals surface area contributed by atoms with Crippen molar-refractivity contribution in [3.63, 3.8) is 0 Å². The summed E-state index contributed by atoms with van der Waals surface area (Å²) in [6, 6.07) is 15.4. The molecule has 0 spiro atoms. The minimum Gasteiger partial charge on any atom is -0.496 e. The van der Waals surface area contributed by atoms with Crippen LogP contribution in [-0.2, 0) is 20.4 Å². The van der Waals surface area contributed by atoms with E-state index in [1.165, 1.54) is 84.4 Å². The second kappa shape index (κ2) is 17.6. The van der Waals surface area contributed by atoms with Crippen molar-refractivity contribution in [3.8, 4) is 16.2 Å². The average molecular weight is 694 g/mol. The molecule has 0 bridgehead atoms. The van der Waals surface area contributed by atoms with E-state index in [9.17, 15) is 13.8 Å². The number of benzene rings is 2. The highest BCUT2D eigenvalue weighted by atomic mass is 32.2. The van der Waals surface area contributed by atoms with E-state index in [4.69, 9.17) is 9.72 Å². The SMILES string of the molecule is CNC(=O)CCS(C)=O.COc1ccc(C2CCC(CN(C(=O)C3CCCCC3)c3cccc(-c4cnc(C5CC5)s4)c3)CC2)cc1C.[HH]. The Bertz CT molecular complexity index is 1540. The lowest BCUT2D eigenvalue weighted by Gasteiger charge is -2.35. The highest BCUT2D eigenvalue weighted by molar-refractivity contribution is 7.84. The van der Waals surface area contributed by atoms with Crippen molar-refractivity contribution in [3.05, 3.63) is 64.8 Å². The molecule has 48 heavy (non-hydrogen) atoms. The van der Waals surface area contributed by atoms with Gasteiger partial charge in [-0.3, -0.25) is 13.8 Å². The Kier molecular flexibility index (Phi) is 13.3. The van der Waals surface area contributed by atoms with Crippen molar-refractivity contribution in [2.75, 3.05) is 37.6 Å². The van der Waals surface area contributed by atoms with E-state index in [2.05, 4.69) is 59.6 Å². The first-order valence-corrected chi connectivity index (χ1v) is 20.3. The molecule has 3 aliphatic carbocycles. The van der Waals surface area contributed by atoms with Crippen molar-refractivity contribution in [1.29, 1.82) is 0 Å². The third-order valence-electron chi connectivity index (χ3n) is 10.2. The zero-order valence-electron chi connectivity index (χ0n) is 29.2. The molecule has 1 N–H and O–H groups in total. The van der Waals surface area contributed by atoms with Gasteiger partial charge < -0.3 is 15.0 Å². The normalized spacial score (nSPS) is 20.2. The smallest absolute Gasteiger partial charge is 0.230 e. The van der Waals surface area contributed by atoms with E-state index in [1.54, 1.807) is 20.4 Å². The van der Waals surface area contributed by atoms with Gasteiger partial charge in [-0.05, 0) is 105 Å². The quantitative estimate of drug-likeness (QED) is 0.217. The molecule has 3 saturated carbocycles. The number of ether oxygens (including phenoxy) is 1. The molecule has 1 heterocycles. The van der Waals surface area contributed by atoms with E-state index in [0.717, 1.165) is 30.8 Å². The fourth-order valence-electron chi connectivity index (χ4n) is 7.11. The number of carbonyl (C=O) groups excluding carboxylic acids is 2. The summed E-state index contributed by atoms with van der Waals surface area (Å²) in [6.07, 6.45) is 17.0. The van der Waals surface area contributed by atoms with Crippen LogP contribution >= 0.6 is 11.3 Å². The maximum absolute atomic E-state index is 14.0. The molecule has 3 aliphatic rings. The molecule has 0 radical (unpaired) electrons. The van der Waals surface area contributed by atoms with E-state index in [0.29, 0.717) is 35.8 Å². The number of aryl methyl sites for hydroxylation is 1. The Balaban J connectivity index is 0.000000478. The summed E-state index contributed by atoms with van der Waals surface area (Å²) in [4.78, 5) is 32.6. The topological polar surface area (TPSA) is 88.6 Å². The second-order valence-electron chi connectivity index (χ2n) is 13.8. The Morgan fingerprint density at radius 2 is 1.73 bits per heavy atom. The van der Waals surface area contributed by atoms with Gasteiger partial charge in [0.15, 0.2) is 0 Å². The lowest BCUT2D eigenvalue weighted by Crippen LogP contribution is -2.41. The number of carbonyl (C=O) groups is 2. The van der Waals surface area contributed by atoms with Gasteiger partial charge in [-0.1, -0.05) is 43.5 Å². The summed E-state index contributed by atoms with van der Waals surface area (Å²) in [5, 5.41) is 3.72. The predicted octanol–water partition coefficient (Wildman–Crippen LogP) is 8.64. The van der Waals surface area contributed by atoms with Gasteiger partial charge in [0.1, 0.15) is 5.75 Å². The van der Waals surface area contributed by atoms with Crippen LogP contribution in [0.2, 0.25) is 0 Å². The molecule has 262 valence electrons. The molecule has 0 aliphatic heterocycles. The van der Waals surface area contributed by atoms with Gasteiger partial charge in [-0.15, -0.1) is 11.3 Å².